The van der Waals surface area contributed by atoms with Crippen molar-refractivity contribution in [1.82, 2.24) is 0 Å². The molecule has 1 N–H and O–H groups in total. The predicted molar refractivity (Wildman–Crippen MR) is 136 cm³/mol. The zero-order valence-corrected chi connectivity index (χ0v) is 19.3. The molecule has 5 heteroatoms. The number of nitrogens with zero attached hydrogens (tertiary/aromatic N) is 1. The van der Waals surface area contributed by atoms with Crippen LogP contribution in [0.15, 0.2) is 103 Å². The molecule has 0 fully saturated rings. The minimum Gasteiger partial charge on any atom is -0.479 e. The smallest absolute Gasteiger partial charge is 0.344 e. The van der Waals surface area contributed by atoms with Gasteiger partial charge in [0.25, 0.3) is 0 Å². The molecule has 4 aromatic rings. The molecule has 35 heavy (non-hydrogen) atoms. The van der Waals surface area contributed by atoms with E-state index in [0.717, 1.165) is 23.1 Å². The molecule has 5 rings (SSSR count). The molecule has 0 bridgehead atoms. The number of rotatable bonds is 7. The number of esters is 1. The summed E-state index contributed by atoms with van der Waals surface area (Å²) in [6.07, 6.45) is 0.760. The third-order valence-electron chi connectivity index (χ3n) is 6.60. The minimum absolute atomic E-state index is 0.00369. The van der Waals surface area contributed by atoms with Crippen molar-refractivity contribution in [3.05, 3.63) is 120 Å². The second-order valence-corrected chi connectivity index (χ2v) is 8.74. The van der Waals surface area contributed by atoms with Crippen LogP contribution >= 0.6 is 0 Å². The van der Waals surface area contributed by atoms with Gasteiger partial charge in [0.15, 0.2) is 0 Å². The number of carboxylic acids is 1. The summed E-state index contributed by atoms with van der Waals surface area (Å²) in [7, 11) is 0. The van der Waals surface area contributed by atoms with Gasteiger partial charge in [-0.3, -0.25) is 0 Å². The van der Waals surface area contributed by atoms with Crippen LogP contribution in [0.4, 0.5) is 11.4 Å². The Hall–Kier alpha value is -4.38. The number of aliphatic carboxylic acids is 1. The first-order chi connectivity index (χ1) is 17.0. The highest BCUT2D eigenvalue weighted by molar-refractivity contribution is 6.09. The molecule has 0 saturated carbocycles. The molecule has 0 aromatic heterocycles. The molecule has 4 aromatic carbocycles. The Balaban J connectivity index is 1.47. The number of carbonyl (C=O) groups is 2. The number of fused-ring (bicyclic) bond motifs is 3. The second kappa shape index (κ2) is 9.11. The van der Waals surface area contributed by atoms with E-state index < -0.39 is 17.5 Å². The van der Waals surface area contributed by atoms with Crippen LogP contribution in [0.2, 0.25) is 0 Å². The van der Waals surface area contributed by atoms with Crippen molar-refractivity contribution in [2.24, 2.45) is 0 Å². The summed E-state index contributed by atoms with van der Waals surface area (Å²) < 4.78 is 5.74. The van der Waals surface area contributed by atoms with Crippen molar-refractivity contribution in [2.75, 3.05) is 4.90 Å². The van der Waals surface area contributed by atoms with Crippen molar-refractivity contribution < 1.29 is 19.4 Å². The van der Waals surface area contributed by atoms with E-state index in [1.54, 1.807) is 24.3 Å². The van der Waals surface area contributed by atoms with Crippen molar-refractivity contribution in [3.8, 4) is 11.1 Å². The van der Waals surface area contributed by atoms with Crippen LogP contribution in [-0.2, 0) is 27.4 Å². The van der Waals surface area contributed by atoms with E-state index >= 15 is 0 Å². The van der Waals surface area contributed by atoms with Gasteiger partial charge < -0.3 is 14.7 Å². The fraction of sp³-hybridized carbons (Fsp3) is 0.133. The van der Waals surface area contributed by atoms with E-state index in [0.29, 0.717) is 11.4 Å². The van der Waals surface area contributed by atoms with Crippen LogP contribution in [0.25, 0.3) is 11.1 Å². The summed E-state index contributed by atoms with van der Waals surface area (Å²) in [4.78, 5) is 27.7. The van der Waals surface area contributed by atoms with Gasteiger partial charge in [-0.15, -0.1) is 0 Å². The normalized spacial score (nSPS) is 13.3. The molecule has 1 aliphatic carbocycles. The summed E-state index contributed by atoms with van der Waals surface area (Å²) in [5, 5.41) is 10.3. The van der Waals surface area contributed by atoms with E-state index in [2.05, 4.69) is 18.2 Å². The largest absolute Gasteiger partial charge is 0.479 e. The van der Waals surface area contributed by atoms with Crippen LogP contribution in [0.5, 0.6) is 0 Å². The summed E-state index contributed by atoms with van der Waals surface area (Å²) >= 11 is 0. The number of ether oxygens (including phenoxy) is 1. The standard InChI is InChI=1S/C30H25NO4/c1-30(28(32)33,31(23-13-4-2-5-14-23)24-15-6-3-7-16-24)29(34)35-20-22-12-10-18-26-25-17-9-8-11-21(25)19-27(22)26/h2-18H,19-20H2,1H3,(H,32,33)/t30-/m0/s1. The quantitative estimate of drug-likeness (QED) is 0.237. The van der Waals surface area contributed by atoms with E-state index in [1.807, 2.05) is 60.7 Å². The molecule has 5 nitrogen and oxygen atoms in total. The number of carboxylic acid groups (broad SMARTS) is 1. The van der Waals surface area contributed by atoms with Crippen LogP contribution in [-0.4, -0.2) is 22.6 Å². The number of anilines is 2. The molecule has 0 radical (unpaired) electrons. The summed E-state index contributed by atoms with van der Waals surface area (Å²) in [5.74, 6) is -2.12. The summed E-state index contributed by atoms with van der Waals surface area (Å²) in [6.45, 7) is 1.39. The third-order valence-corrected chi connectivity index (χ3v) is 6.60. The van der Waals surface area contributed by atoms with E-state index in [4.69, 9.17) is 4.74 Å². The Morgan fingerprint density at radius 2 is 1.37 bits per heavy atom. The van der Waals surface area contributed by atoms with Gasteiger partial charge in [0.05, 0.1) is 0 Å². The Morgan fingerprint density at radius 3 is 2.00 bits per heavy atom. The second-order valence-electron chi connectivity index (χ2n) is 8.74. The molecule has 0 heterocycles. The summed E-state index contributed by atoms with van der Waals surface area (Å²) in [5.41, 5.74) is 4.72. The number of hydrogen-bond acceptors (Lipinski definition) is 4. The maximum absolute atomic E-state index is 13.5. The molecular formula is C30H25NO4. The van der Waals surface area contributed by atoms with Crippen molar-refractivity contribution in [3.63, 3.8) is 0 Å². The van der Waals surface area contributed by atoms with Gasteiger partial charge >= 0.3 is 11.9 Å². The lowest BCUT2D eigenvalue weighted by molar-refractivity contribution is -0.160. The van der Waals surface area contributed by atoms with Gasteiger partial charge in [0.1, 0.15) is 6.61 Å². The van der Waals surface area contributed by atoms with Crippen molar-refractivity contribution in [2.45, 2.75) is 25.5 Å². The van der Waals surface area contributed by atoms with Gasteiger partial charge in [-0.25, -0.2) is 9.59 Å². The van der Waals surface area contributed by atoms with Crippen LogP contribution < -0.4 is 4.90 Å². The third kappa shape index (κ3) is 3.95. The molecule has 0 spiro atoms. The maximum Gasteiger partial charge on any atom is 0.344 e. The van der Waals surface area contributed by atoms with Gasteiger partial charge in [-0.1, -0.05) is 78.9 Å². The van der Waals surface area contributed by atoms with Crippen LogP contribution in [0, 0.1) is 0 Å². The SMILES string of the molecule is C[C@](C(=O)O)(C(=O)OCc1cccc2c1Cc1ccccc1-2)N(c1ccccc1)c1ccccc1. The number of para-hydroxylation sites is 2. The maximum atomic E-state index is 13.5. The molecule has 0 unspecified atom stereocenters. The lowest BCUT2D eigenvalue weighted by Gasteiger charge is -2.37. The lowest BCUT2D eigenvalue weighted by atomic mass is 9.97. The van der Waals surface area contributed by atoms with Crippen LogP contribution in [0.1, 0.15) is 23.6 Å². The first-order valence-electron chi connectivity index (χ1n) is 11.5. The molecule has 1 aliphatic rings. The first-order valence-corrected chi connectivity index (χ1v) is 11.5. The van der Waals surface area contributed by atoms with E-state index in [1.165, 1.54) is 23.0 Å². The number of carbonyl (C=O) groups excluding carboxylic acids is 1. The topological polar surface area (TPSA) is 66.8 Å². The average molecular weight is 464 g/mol. The highest BCUT2D eigenvalue weighted by atomic mass is 16.5. The monoisotopic (exact) mass is 463 g/mol. The highest BCUT2D eigenvalue weighted by Gasteiger charge is 2.50. The highest BCUT2D eigenvalue weighted by Crippen LogP contribution is 2.39. The summed E-state index contributed by atoms with van der Waals surface area (Å²) in [6, 6.07) is 32.2. The van der Waals surface area contributed by atoms with Crippen molar-refractivity contribution in [1.29, 1.82) is 0 Å². The molecule has 0 aliphatic heterocycles. The zero-order valence-electron chi connectivity index (χ0n) is 19.3. The fourth-order valence-electron chi connectivity index (χ4n) is 4.74. The molecule has 174 valence electrons. The van der Waals surface area contributed by atoms with E-state index in [-0.39, 0.29) is 6.61 Å². The van der Waals surface area contributed by atoms with Gasteiger partial charge in [-0.2, -0.15) is 0 Å². The number of hydrogen-bond donors (Lipinski definition) is 1. The Labute approximate surface area is 204 Å². The molecule has 1 atom stereocenters. The average Bonchev–Trinajstić information content (AvgIpc) is 3.28. The zero-order chi connectivity index (χ0) is 24.4. The Morgan fingerprint density at radius 1 is 0.800 bits per heavy atom. The van der Waals surface area contributed by atoms with Crippen molar-refractivity contribution >= 4 is 23.3 Å². The van der Waals surface area contributed by atoms with Gasteiger partial charge in [-0.05, 0) is 65.4 Å². The molecule has 0 saturated heterocycles. The fourth-order valence-corrected chi connectivity index (χ4v) is 4.74. The molecular weight excluding hydrogens is 438 g/mol. The predicted octanol–water partition coefficient (Wildman–Crippen LogP) is 5.98. The van der Waals surface area contributed by atoms with Gasteiger partial charge in [0, 0.05) is 11.4 Å². The van der Waals surface area contributed by atoms with E-state index in [9.17, 15) is 14.7 Å². The molecule has 0 amide bonds. The first kappa shape index (κ1) is 22.4. The Kier molecular flexibility index (Phi) is 5.83. The van der Waals surface area contributed by atoms with Crippen LogP contribution in [0.3, 0.4) is 0 Å². The lowest BCUT2D eigenvalue weighted by Crippen LogP contribution is -2.57. The van der Waals surface area contributed by atoms with Gasteiger partial charge in [0.2, 0.25) is 5.54 Å². The number of benzene rings is 4. The minimum atomic E-state index is -1.98. The Bertz CT molecular complexity index is 1340.